The number of esters is 1. The van der Waals surface area contributed by atoms with Crippen molar-refractivity contribution in [2.75, 3.05) is 6.54 Å². The molecule has 0 aliphatic carbocycles. The average molecular weight is 264 g/mol. The fourth-order valence-electron chi connectivity index (χ4n) is 1.96. The molecule has 1 aliphatic rings. The van der Waals surface area contributed by atoms with E-state index >= 15 is 0 Å². The molecule has 0 bridgehead atoms. The second-order valence-electron chi connectivity index (χ2n) is 4.43. The summed E-state index contributed by atoms with van der Waals surface area (Å²) in [6, 6.07) is 9.14. The van der Waals surface area contributed by atoms with E-state index in [2.05, 4.69) is 10.9 Å². The Labute approximate surface area is 110 Å². The van der Waals surface area contributed by atoms with Gasteiger partial charge in [-0.25, -0.2) is 15.0 Å². The standard InChI is InChI=1S/C13H16N2O4/c16-11(17)13(7-4-8-14-15-13)12(18)19-9-10-5-2-1-3-6-10/h1-3,5-6,14-15H,4,7-9H2,(H,16,17). The van der Waals surface area contributed by atoms with E-state index in [0.29, 0.717) is 13.0 Å². The largest absolute Gasteiger partial charge is 0.479 e. The van der Waals surface area contributed by atoms with E-state index in [9.17, 15) is 14.7 Å². The fourth-order valence-corrected chi connectivity index (χ4v) is 1.96. The molecule has 0 saturated carbocycles. The van der Waals surface area contributed by atoms with Crippen LogP contribution in [0.4, 0.5) is 0 Å². The molecular formula is C13H16N2O4. The van der Waals surface area contributed by atoms with Gasteiger partial charge in [-0.1, -0.05) is 30.3 Å². The van der Waals surface area contributed by atoms with Gasteiger partial charge in [0.15, 0.2) is 0 Å². The number of hydrazine groups is 1. The number of aliphatic carboxylic acids is 1. The number of nitrogens with one attached hydrogen (secondary N) is 2. The van der Waals surface area contributed by atoms with Crippen LogP contribution in [0.5, 0.6) is 0 Å². The molecule has 1 aromatic carbocycles. The van der Waals surface area contributed by atoms with Crippen LogP contribution in [0.1, 0.15) is 18.4 Å². The second kappa shape index (κ2) is 5.81. The van der Waals surface area contributed by atoms with Crippen LogP contribution < -0.4 is 10.9 Å². The lowest BCUT2D eigenvalue weighted by molar-refractivity contribution is -0.166. The summed E-state index contributed by atoms with van der Waals surface area (Å²) < 4.78 is 5.11. The quantitative estimate of drug-likeness (QED) is 0.540. The minimum Gasteiger partial charge on any atom is -0.479 e. The minimum absolute atomic E-state index is 0.0659. The summed E-state index contributed by atoms with van der Waals surface area (Å²) in [6.45, 7) is 0.692. The third kappa shape index (κ3) is 2.91. The number of benzene rings is 1. The summed E-state index contributed by atoms with van der Waals surface area (Å²) in [4.78, 5) is 23.4. The van der Waals surface area contributed by atoms with Crippen molar-refractivity contribution in [1.29, 1.82) is 0 Å². The first-order chi connectivity index (χ1) is 9.15. The molecule has 0 aromatic heterocycles. The van der Waals surface area contributed by atoms with Gasteiger partial charge in [0.05, 0.1) is 0 Å². The number of carboxylic acids is 1. The van der Waals surface area contributed by atoms with Crippen molar-refractivity contribution in [2.45, 2.75) is 25.0 Å². The normalized spacial score (nSPS) is 22.7. The molecule has 1 unspecified atom stereocenters. The van der Waals surface area contributed by atoms with Crippen LogP contribution in [0.25, 0.3) is 0 Å². The second-order valence-corrected chi connectivity index (χ2v) is 4.43. The van der Waals surface area contributed by atoms with Crippen molar-refractivity contribution in [3.05, 3.63) is 35.9 Å². The van der Waals surface area contributed by atoms with E-state index in [1.54, 1.807) is 0 Å². The van der Waals surface area contributed by atoms with E-state index in [1.165, 1.54) is 0 Å². The van der Waals surface area contributed by atoms with E-state index in [4.69, 9.17) is 4.74 Å². The SMILES string of the molecule is O=C(O)C1(C(=O)OCc2ccccc2)CCCNN1. The maximum Gasteiger partial charge on any atom is 0.339 e. The Morgan fingerprint density at radius 2 is 2.05 bits per heavy atom. The summed E-state index contributed by atoms with van der Waals surface area (Å²) >= 11 is 0. The van der Waals surface area contributed by atoms with Gasteiger partial charge in [0.2, 0.25) is 5.54 Å². The van der Waals surface area contributed by atoms with Crippen LogP contribution in [-0.2, 0) is 20.9 Å². The summed E-state index contributed by atoms with van der Waals surface area (Å²) in [5.41, 5.74) is 4.38. The molecule has 0 amide bonds. The zero-order chi connectivity index (χ0) is 13.7. The molecule has 102 valence electrons. The smallest absolute Gasteiger partial charge is 0.339 e. The molecule has 1 aliphatic heterocycles. The van der Waals surface area contributed by atoms with E-state index in [-0.39, 0.29) is 13.0 Å². The molecule has 0 spiro atoms. The van der Waals surface area contributed by atoms with Gasteiger partial charge < -0.3 is 9.84 Å². The number of hydrogen-bond donors (Lipinski definition) is 3. The molecule has 1 fully saturated rings. The minimum atomic E-state index is -1.69. The van der Waals surface area contributed by atoms with Gasteiger partial charge in [-0.2, -0.15) is 0 Å². The zero-order valence-corrected chi connectivity index (χ0v) is 10.4. The number of carbonyl (C=O) groups excluding carboxylic acids is 1. The molecule has 6 nitrogen and oxygen atoms in total. The van der Waals surface area contributed by atoms with Gasteiger partial charge in [0.1, 0.15) is 6.61 Å². The number of hydrogen-bond acceptors (Lipinski definition) is 5. The Morgan fingerprint density at radius 3 is 2.63 bits per heavy atom. The van der Waals surface area contributed by atoms with Gasteiger partial charge in [-0.05, 0) is 18.4 Å². The van der Waals surface area contributed by atoms with Crippen molar-refractivity contribution >= 4 is 11.9 Å². The van der Waals surface area contributed by atoms with Gasteiger partial charge in [0.25, 0.3) is 0 Å². The van der Waals surface area contributed by atoms with Crippen molar-refractivity contribution < 1.29 is 19.4 Å². The van der Waals surface area contributed by atoms with E-state index in [1.807, 2.05) is 30.3 Å². The lowest BCUT2D eigenvalue weighted by Crippen LogP contribution is -2.66. The molecule has 1 atom stereocenters. The molecule has 3 N–H and O–H groups in total. The summed E-state index contributed by atoms with van der Waals surface area (Å²) in [7, 11) is 0. The van der Waals surface area contributed by atoms with Crippen LogP contribution in [0.3, 0.4) is 0 Å². The highest BCUT2D eigenvalue weighted by atomic mass is 16.5. The van der Waals surface area contributed by atoms with Crippen molar-refractivity contribution in [3.63, 3.8) is 0 Å². The highest BCUT2D eigenvalue weighted by molar-refractivity contribution is 6.04. The third-order valence-corrected chi connectivity index (χ3v) is 3.08. The number of carbonyl (C=O) groups is 2. The monoisotopic (exact) mass is 264 g/mol. The van der Waals surface area contributed by atoms with Gasteiger partial charge >= 0.3 is 11.9 Å². The molecular weight excluding hydrogens is 248 g/mol. The molecule has 2 rings (SSSR count). The first-order valence-corrected chi connectivity index (χ1v) is 6.10. The van der Waals surface area contributed by atoms with Gasteiger partial charge in [-0.3, -0.25) is 5.43 Å². The molecule has 19 heavy (non-hydrogen) atoms. The summed E-state index contributed by atoms with van der Waals surface area (Å²) in [5.74, 6) is -1.99. The molecule has 1 saturated heterocycles. The van der Waals surface area contributed by atoms with Crippen molar-refractivity contribution in [3.8, 4) is 0 Å². The predicted molar refractivity (Wildman–Crippen MR) is 67.0 cm³/mol. The molecule has 6 heteroatoms. The van der Waals surface area contributed by atoms with E-state index in [0.717, 1.165) is 5.56 Å². The Kier molecular flexibility index (Phi) is 4.13. The Balaban J connectivity index is 2.02. The first-order valence-electron chi connectivity index (χ1n) is 6.10. The Morgan fingerprint density at radius 1 is 1.32 bits per heavy atom. The Hall–Kier alpha value is -1.92. The highest BCUT2D eigenvalue weighted by Gasteiger charge is 2.48. The maximum atomic E-state index is 12.0. The van der Waals surface area contributed by atoms with Gasteiger partial charge in [0, 0.05) is 6.54 Å². The third-order valence-electron chi connectivity index (χ3n) is 3.08. The van der Waals surface area contributed by atoms with Crippen LogP contribution >= 0.6 is 0 Å². The van der Waals surface area contributed by atoms with E-state index < -0.39 is 17.5 Å². The van der Waals surface area contributed by atoms with Crippen LogP contribution in [0.15, 0.2) is 30.3 Å². The van der Waals surface area contributed by atoms with Crippen LogP contribution in [-0.4, -0.2) is 29.1 Å². The number of ether oxygens (including phenoxy) is 1. The van der Waals surface area contributed by atoms with Crippen LogP contribution in [0, 0.1) is 0 Å². The van der Waals surface area contributed by atoms with Crippen LogP contribution in [0.2, 0.25) is 0 Å². The predicted octanol–water partition coefficient (Wildman–Crippen LogP) is 0.441. The zero-order valence-electron chi connectivity index (χ0n) is 10.4. The van der Waals surface area contributed by atoms with Crippen molar-refractivity contribution in [1.82, 2.24) is 10.9 Å². The molecule has 0 radical (unpaired) electrons. The molecule has 1 aromatic rings. The topological polar surface area (TPSA) is 87.7 Å². The highest BCUT2D eigenvalue weighted by Crippen LogP contribution is 2.18. The number of rotatable bonds is 4. The van der Waals surface area contributed by atoms with Gasteiger partial charge in [-0.15, -0.1) is 0 Å². The lowest BCUT2D eigenvalue weighted by atomic mass is 9.93. The summed E-state index contributed by atoms with van der Waals surface area (Å²) in [6.07, 6.45) is 0.808. The Bertz CT molecular complexity index is 455. The van der Waals surface area contributed by atoms with Crippen molar-refractivity contribution in [2.24, 2.45) is 0 Å². The maximum absolute atomic E-state index is 12.0. The lowest BCUT2D eigenvalue weighted by Gasteiger charge is -2.32. The number of carboxylic acid groups (broad SMARTS) is 1. The fraction of sp³-hybridized carbons (Fsp3) is 0.385. The first kappa shape index (κ1) is 13.5. The average Bonchev–Trinajstić information content (AvgIpc) is 2.46. The summed E-state index contributed by atoms with van der Waals surface area (Å²) in [5, 5.41) is 9.25. The molecule has 1 heterocycles.